The number of hydrogen-bond donors (Lipinski definition) is 1. The zero-order chi connectivity index (χ0) is 17.1. The predicted molar refractivity (Wildman–Crippen MR) is 87.3 cm³/mol. The van der Waals surface area contributed by atoms with E-state index in [2.05, 4.69) is 16.4 Å². The molecule has 1 heterocycles. The quantitative estimate of drug-likeness (QED) is 0.766. The van der Waals surface area contributed by atoms with E-state index in [9.17, 15) is 14.0 Å². The maximum Gasteiger partial charge on any atom is 0.160 e. The van der Waals surface area contributed by atoms with Gasteiger partial charge in [0.25, 0.3) is 0 Å². The van der Waals surface area contributed by atoms with Crippen molar-refractivity contribution >= 4 is 22.3 Å². The van der Waals surface area contributed by atoms with E-state index < -0.39 is 11.6 Å². The number of benzene rings is 2. The Morgan fingerprint density at radius 1 is 1.17 bits per heavy atom. The molecule has 0 aliphatic carbocycles. The molecule has 2 aromatic carbocycles. The number of ether oxygens (including phenoxy) is 1. The summed E-state index contributed by atoms with van der Waals surface area (Å²) in [6, 6.07) is 10.8. The molecular formula is C18H13F2N3O. The van der Waals surface area contributed by atoms with E-state index in [0.29, 0.717) is 40.2 Å². The van der Waals surface area contributed by atoms with Crippen molar-refractivity contribution in [3.63, 3.8) is 0 Å². The summed E-state index contributed by atoms with van der Waals surface area (Å²) in [7, 11) is 0. The van der Waals surface area contributed by atoms with Crippen LogP contribution in [0.5, 0.6) is 5.75 Å². The van der Waals surface area contributed by atoms with E-state index in [-0.39, 0.29) is 0 Å². The van der Waals surface area contributed by atoms with Crippen LogP contribution in [0.15, 0.2) is 42.6 Å². The monoisotopic (exact) mass is 325 g/mol. The predicted octanol–water partition coefficient (Wildman–Crippen LogP) is 4.53. The van der Waals surface area contributed by atoms with Crippen LogP contribution < -0.4 is 10.1 Å². The number of nitrogens with one attached hydrogen (secondary N) is 1. The Hall–Kier alpha value is -3.20. The van der Waals surface area contributed by atoms with Gasteiger partial charge in [0.05, 0.1) is 23.4 Å². The van der Waals surface area contributed by atoms with Crippen molar-refractivity contribution in [1.29, 1.82) is 5.26 Å². The molecule has 0 aliphatic rings. The third-order valence-electron chi connectivity index (χ3n) is 3.46. The second-order valence-corrected chi connectivity index (χ2v) is 5.02. The fourth-order valence-electron chi connectivity index (χ4n) is 2.37. The van der Waals surface area contributed by atoms with E-state index in [0.717, 1.165) is 12.1 Å². The maximum atomic E-state index is 13.4. The molecule has 6 heteroatoms. The minimum absolute atomic E-state index is 0.292. The van der Waals surface area contributed by atoms with E-state index in [1.807, 2.05) is 6.92 Å². The topological polar surface area (TPSA) is 57.9 Å². The Balaban J connectivity index is 2.14. The van der Waals surface area contributed by atoms with Crippen molar-refractivity contribution < 1.29 is 13.5 Å². The lowest BCUT2D eigenvalue weighted by Gasteiger charge is -2.13. The van der Waals surface area contributed by atoms with Gasteiger partial charge in [-0.15, -0.1) is 0 Å². The van der Waals surface area contributed by atoms with Crippen molar-refractivity contribution in [3.05, 3.63) is 59.8 Å². The lowest BCUT2D eigenvalue weighted by molar-refractivity contribution is 0.340. The van der Waals surface area contributed by atoms with Gasteiger partial charge in [-0.2, -0.15) is 5.26 Å². The summed E-state index contributed by atoms with van der Waals surface area (Å²) in [6.07, 6.45) is 1.44. The van der Waals surface area contributed by atoms with Crippen LogP contribution in [0.3, 0.4) is 0 Å². The highest BCUT2D eigenvalue weighted by Crippen LogP contribution is 2.31. The van der Waals surface area contributed by atoms with Crippen LogP contribution in [-0.2, 0) is 0 Å². The SMILES string of the molecule is CCOc1ccc2ncc(C#N)c(Nc3ccc(F)c(F)c3)c2c1. The Morgan fingerprint density at radius 3 is 2.71 bits per heavy atom. The number of aromatic nitrogens is 1. The van der Waals surface area contributed by atoms with Gasteiger partial charge >= 0.3 is 0 Å². The van der Waals surface area contributed by atoms with Gasteiger partial charge in [-0.05, 0) is 37.3 Å². The fourth-order valence-corrected chi connectivity index (χ4v) is 2.37. The third-order valence-corrected chi connectivity index (χ3v) is 3.46. The van der Waals surface area contributed by atoms with Gasteiger partial charge in [0.1, 0.15) is 11.8 Å². The molecule has 0 spiro atoms. The van der Waals surface area contributed by atoms with Gasteiger partial charge in [-0.1, -0.05) is 0 Å². The molecule has 3 aromatic rings. The number of hydrogen-bond acceptors (Lipinski definition) is 4. The van der Waals surface area contributed by atoms with Crippen molar-refractivity contribution in [2.75, 3.05) is 11.9 Å². The average molecular weight is 325 g/mol. The summed E-state index contributed by atoms with van der Waals surface area (Å²) < 4.78 is 32.0. The minimum atomic E-state index is -0.966. The van der Waals surface area contributed by atoms with Gasteiger partial charge < -0.3 is 10.1 Å². The molecular weight excluding hydrogens is 312 g/mol. The normalized spacial score (nSPS) is 10.4. The van der Waals surface area contributed by atoms with Gasteiger partial charge in [0.15, 0.2) is 11.6 Å². The van der Waals surface area contributed by atoms with E-state index in [1.165, 1.54) is 12.3 Å². The number of halogens is 2. The van der Waals surface area contributed by atoms with Crippen molar-refractivity contribution in [1.82, 2.24) is 4.98 Å². The number of rotatable bonds is 4. The van der Waals surface area contributed by atoms with Gasteiger partial charge in [0.2, 0.25) is 0 Å². The van der Waals surface area contributed by atoms with Crippen LogP contribution in [-0.4, -0.2) is 11.6 Å². The summed E-state index contributed by atoms with van der Waals surface area (Å²) in [5, 5.41) is 13.0. The highest BCUT2D eigenvalue weighted by atomic mass is 19.2. The van der Waals surface area contributed by atoms with Crippen LogP contribution >= 0.6 is 0 Å². The first-order valence-corrected chi connectivity index (χ1v) is 7.30. The molecule has 3 rings (SSSR count). The third kappa shape index (κ3) is 2.97. The molecule has 0 bridgehead atoms. The Bertz CT molecular complexity index is 951. The number of anilines is 2. The smallest absolute Gasteiger partial charge is 0.160 e. The van der Waals surface area contributed by atoms with Crippen LogP contribution in [0.25, 0.3) is 10.9 Å². The Morgan fingerprint density at radius 2 is 2.00 bits per heavy atom. The van der Waals surface area contributed by atoms with Gasteiger partial charge in [-0.3, -0.25) is 4.98 Å². The molecule has 4 nitrogen and oxygen atoms in total. The fraction of sp³-hybridized carbons (Fsp3) is 0.111. The zero-order valence-electron chi connectivity index (χ0n) is 12.8. The second-order valence-electron chi connectivity index (χ2n) is 5.02. The largest absolute Gasteiger partial charge is 0.494 e. The van der Waals surface area contributed by atoms with Crippen LogP contribution in [0, 0.1) is 23.0 Å². The maximum absolute atomic E-state index is 13.4. The molecule has 0 atom stereocenters. The lowest BCUT2D eigenvalue weighted by atomic mass is 10.1. The molecule has 0 unspecified atom stereocenters. The van der Waals surface area contributed by atoms with E-state index in [4.69, 9.17) is 4.74 Å². The van der Waals surface area contributed by atoms with Crippen molar-refractivity contribution in [2.24, 2.45) is 0 Å². The zero-order valence-corrected chi connectivity index (χ0v) is 12.8. The van der Waals surface area contributed by atoms with Crippen LogP contribution in [0.1, 0.15) is 12.5 Å². The number of nitrogens with zero attached hydrogens (tertiary/aromatic N) is 2. The van der Waals surface area contributed by atoms with Crippen molar-refractivity contribution in [2.45, 2.75) is 6.92 Å². The molecule has 0 radical (unpaired) electrons. The van der Waals surface area contributed by atoms with Gasteiger partial charge in [-0.25, -0.2) is 8.78 Å². The summed E-state index contributed by atoms with van der Waals surface area (Å²) in [5.74, 6) is -1.26. The first kappa shape index (κ1) is 15.7. The average Bonchev–Trinajstić information content (AvgIpc) is 2.59. The highest BCUT2D eigenvalue weighted by molar-refractivity contribution is 5.96. The summed E-state index contributed by atoms with van der Waals surface area (Å²) in [4.78, 5) is 4.24. The molecule has 0 amide bonds. The Kier molecular flexibility index (Phi) is 4.25. The number of pyridine rings is 1. The standard InChI is InChI=1S/C18H13F2N3O/c1-2-24-13-4-6-17-14(8-13)18(11(9-21)10-22-17)23-12-3-5-15(19)16(20)7-12/h3-8,10H,2H2,1H3,(H,22,23). The summed E-state index contributed by atoms with van der Waals surface area (Å²) >= 11 is 0. The van der Waals surface area contributed by atoms with Crippen molar-refractivity contribution in [3.8, 4) is 11.8 Å². The Labute approximate surface area is 137 Å². The molecule has 0 fully saturated rings. The lowest BCUT2D eigenvalue weighted by Crippen LogP contribution is -1.99. The highest BCUT2D eigenvalue weighted by Gasteiger charge is 2.12. The van der Waals surface area contributed by atoms with E-state index in [1.54, 1.807) is 18.2 Å². The van der Waals surface area contributed by atoms with Crippen LogP contribution in [0.4, 0.5) is 20.2 Å². The molecule has 1 aromatic heterocycles. The molecule has 24 heavy (non-hydrogen) atoms. The first-order valence-electron chi connectivity index (χ1n) is 7.30. The summed E-state index contributed by atoms with van der Waals surface area (Å²) in [5.41, 5.74) is 1.75. The first-order chi connectivity index (χ1) is 11.6. The summed E-state index contributed by atoms with van der Waals surface area (Å²) in [6.45, 7) is 2.37. The molecule has 0 saturated carbocycles. The molecule has 1 N–H and O–H groups in total. The molecule has 0 aliphatic heterocycles. The van der Waals surface area contributed by atoms with Gasteiger partial charge in [0, 0.05) is 23.3 Å². The second kappa shape index (κ2) is 6.50. The number of fused-ring (bicyclic) bond motifs is 1. The molecule has 0 saturated heterocycles. The molecule has 120 valence electrons. The van der Waals surface area contributed by atoms with E-state index >= 15 is 0 Å². The minimum Gasteiger partial charge on any atom is -0.494 e. The van der Waals surface area contributed by atoms with Crippen LogP contribution in [0.2, 0.25) is 0 Å². The number of nitriles is 1.